The second kappa shape index (κ2) is 7.44. The number of nitriles is 1. The molecule has 2 rings (SSSR count). The minimum atomic E-state index is -0.179. The van der Waals surface area contributed by atoms with Crippen LogP contribution < -0.4 is 4.90 Å². The first-order valence-electron chi connectivity index (χ1n) is 7.79. The van der Waals surface area contributed by atoms with Crippen LogP contribution in [0.2, 0.25) is 0 Å². The molecule has 1 heterocycles. The topological polar surface area (TPSA) is 39.5 Å². The van der Waals surface area contributed by atoms with Crippen molar-refractivity contribution in [2.75, 3.05) is 37.7 Å². The van der Waals surface area contributed by atoms with Gasteiger partial charge >= 0.3 is 0 Å². The van der Waals surface area contributed by atoms with Gasteiger partial charge in [0.05, 0.1) is 18.8 Å². The molecule has 1 fully saturated rings. The molecule has 0 N–H and O–H groups in total. The molecule has 0 amide bonds. The Morgan fingerprint density at radius 1 is 1.33 bits per heavy atom. The molecule has 1 aliphatic rings. The maximum Gasteiger partial charge on any atom is 0.124 e. The molecule has 0 saturated carbocycles. The number of ether oxygens (including phenoxy) is 1. The van der Waals surface area contributed by atoms with Crippen LogP contribution >= 0.6 is 0 Å². The first-order valence-corrected chi connectivity index (χ1v) is 7.79. The van der Waals surface area contributed by atoms with Crippen LogP contribution in [0.5, 0.6) is 0 Å². The molecule has 1 saturated heterocycles. The number of morpholine rings is 1. The fourth-order valence-corrected chi connectivity index (χ4v) is 2.90. The summed E-state index contributed by atoms with van der Waals surface area (Å²) in [7, 11) is 0. The molecule has 0 spiro atoms. The maximum absolute atomic E-state index is 9.55. The van der Waals surface area contributed by atoms with Crippen LogP contribution in [0.4, 0.5) is 5.69 Å². The predicted molar refractivity (Wildman–Crippen MR) is 85.3 cm³/mol. The lowest BCUT2D eigenvalue weighted by Crippen LogP contribution is -2.42. The first-order chi connectivity index (χ1) is 10.2. The van der Waals surface area contributed by atoms with E-state index in [1.54, 1.807) is 0 Å². The van der Waals surface area contributed by atoms with E-state index < -0.39 is 0 Å². The number of nitrogens with zero attached hydrogens (tertiary/aromatic N) is 3. The van der Waals surface area contributed by atoms with Crippen molar-refractivity contribution in [3.05, 3.63) is 29.8 Å². The van der Waals surface area contributed by atoms with E-state index in [-0.39, 0.29) is 12.1 Å². The van der Waals surface area contributed by atoms with E-state index in [0.29, 0.717) is 6.61 Å². The third-order valence-electron chi connectivity index (χ3n) is 4.10. The van der Waals surface area contributed by atoms with Crippen LogP contribution in [0.15, 0.2) is 24.3 Å². The maximum atomic E-state index is 9.55. The highest BCUT2D eigenvalue weighted by atomic mass is 16.5. The Labute approximate surface area is 127 Å². The molecule has 0 aliphatic carbocycles. The minimum absolute atomic E-state index is 0.179. The van der Waals surface area contributed by atoms with Gasteiger partial charge in [-0.05, 0) is 38.5 Å². The molecule has 2 atom stereocenters. The molecular weight excluding hydrogens is 262 g/mol. The molecular formula is C17H25N3O. The molecule has 1 aromatic carbocycles. The minimum Gasteiger partial charge on any atom is -0.376 e. The zero-order valence-electron chi connectivity index (χ0n) is 13.2. The second-order valence-electron chi connectivity index (χ2n) is 5.47. The summed E-state index contributed by atoms with van der Waals surface area (Å²) in [6.07, 6.45) is 0.199. The van der Waals surface area contributed by atoms with Crippen LogP contribution in [0.25, 0.3) is 0 Å². The highest BCUT2D eigenvalue weighted by molar-refractivity contribution is 5.48. The van der Waals surface area contributed by atoms with Crippen LogP contribution in [-0.4, -0.2) is 43.8 Å². The van der Waals surface area contributed by atoms with Gasteiger partial charge in [-0.25, -0.2) is 0 Å². The SMILES string of the molecule is CCN(CC)c1ccc([C@H](C#N)N2CCO[C@@H](C)C2)cc1. The van der Waals surface area contributed by atoms with E-state index in [1.165, 1.54) is 5.69 Å². The highest BCUT2D eigenvalue weighted by Gasteiger charge is 2.25. The Kier molecular flexibility index (Phi) is 5.60. The van der Waals surface area contributed by atoms with Crippen molar-refractivity contribution in [2.45, 2.75) is 32.9 Å². The first kappa shape index (κ1) is 15.8. The molecule has 1 aromatic rings. The summed E-state index contributed by atoms with van der Waals surface area (Å²) in [6.45, 7) is 10.7. The lowest BCUT2D eigenvalue weighted by atomic mass is 10.0. The third-order valence-corrected chi connectivity index (χ3v) is 4.10. The van der Waals surface area contributed by atoms with Gasteiger partial charge in [0.15, 0.2) is 0 Å². The van der Waals surface area contributed by atoms with Crippen LogP contribution in [0.3, 0.4) is 0 Å². The van der Waals surface area contributed by atoms with Gasteiger partial charge < -0.3 is 9.64 Å². The smallest absolute Gasteiger partial charge is 0.124 e. The Morgan fingerprint density at radius 2 is 2.00 bits per heavy atom. The Balaban J connectivity index is 2.13. The summed E-state index contributed by atoms with van der Waals surface area (Å²) in [5, 5.41) is 9.55. The van der Waals surface area contributed by atoms with E-state index in [0.717, 1.165) is 31.7 Å². The summed E-state index contributed by atoms with van der Waals surface area (Å²) in [6, 6.07) is 10.7. The fourth-order valence-electron chi connectivity index (χ4n) is 2.90. The molecule has 0 bridgehead atoms. The molecule has 0 unspecified atom stereocenters. The van der Waals surface area contributed by atoms with Gasteiger partial charge in [0.2, 0.25) is 0 Å². The van der Waals surface area contributed by atoms with Gasteiger partial charge in [-0.1, -0.05) is 12.1 Å². The van der Waals surface area contributed by atoms with Crippen LogP contribution in [0.1, 0.15) is 32.4 Å². The number of rotatable bonds is 5. The molecule has 21 heavy (non-hydrogen) atoms. The highest BCUT2D eigenvalue weighted by Crippen LogP contribution is 2.25. The van der Waals surface area contributed by atoms with Gasteiger partial charge in [-0.15, -0.1) is 0 Å². The van der Waals surface area contributed by atoms with Crippen molar-refractivity contribution in [1.29, 1.82) is 5.26 Å². The summed E-state index contributed by atoms with van der Waals surface area (Å²) >= 11 is 0. The molecule has 0 aromatic heterocycles. The van der Waals surface area contributed by atoms with E-state index in [9.17, 15) is 5.26 Å². The predicted octanol–water partition coefficient (Wildman–Crippen LogP) is 2.82. The Hall–Kier alpha value is -1.57. The number of benzene rings is 1. The van der Waals surface area contributed by atoms with Crippen molar-refractivity contribution in [2.24, 2.45) is 0 Å². The van der Waals surface area contributed by atoms with Crippen molar-refractivity contribution in [3.8, 4) is 6.07 Å². The third kappa shape index (κ3) is 3.75. The van der Waals surface area contributed by atoms with Gasteiger partial charge in [0, 0.05) is 31.9 Å². The summed E-state index contributed by atoms with van der Waals surface area (Å²) < 4.78 is 5.56. The van der Waals surface area contributed by atoms with Crippen molar-refractivity contribution in [1.82, 2.24) is 4.90 Å². The Morgan fingerprint density at radius 3 is 2.52 bits per heavy atom. The standard InChI is InChI=1S/C17H25N3O/c1-4-19(5-2)16-8-6-15(7-9-16)17(12-18)20-10-11-21-14(3)13-20/h6-9,14,17H,4-5,10-11,13H2,1-3H3/t14-,17-/m0/s1. The van der Waals surface area contributed by atoms with E-state index in [2.05, 4.69) is 60.9 Å². The van der Waals surface area contributed by atoms with Crippen LogP contribution in [0, 0.1) is 11.3 Å². The molecule has 4 heteroatoms. The molecule has 114 valence electrons. The van der Waals surface area contributed by atoms with Crippen molar-refractivity contribution in [3.63, 3.8) is 0 Å². The number of anilines is 1. The summed E-state index contributed by atoms with van der Waals surface area (Å²) in [5.41, 5.74) is 2.29. The monoisotopic (exact) mass is 287 g/mol. The quantitative estimate of drug-likeness (QED) is 0.835. The average Bonchev–Trinajstić information content (AvgIpc) is 2.51. The second-order valence-corrected chi connectivity index (χ2v) is 5.47. The van der Waals surface area contributed by atoms with E-state index in [1.807, 2.05) is 0 Å². The molecule has 1 aliphatic heterocycles. The Bertz CT molecular complexity index is 476. The fraction of sp³-hybridized carbons (Fsp3) is 0.588. The molecule has 0 radical (unpaired) electrons. The van der Waals surface area contributed by atoms with Gasteiger partial charge in [-0.2, -0.15) is 5.26 Å². The summed E-state index contributed by atoms with van der Waals surface area (Å²) in [5.74, 6) is 0. The zero-order valence-corrected chi connectivity index (χ0v) is 13.2. The zero-order chi connectivity index (χ0) is 15.2. The van der Waals surface area contributed by atoms with Gasteiger partial charge in [-0.3, -0.25) is 4.90 Å². The normalized spacial score (nSPS) is 20.8. The van der Waals surface area contributed by atoms with Gasteiger partial charge in [0.25, 0.3) is 0 Å². The van der Waals surface area contributed by atoms with Crippen molar-refractivity contribution >= 4 is 5.69 Å². The largest absolute Gasteiger partial charge is 0.376 e. The number of hydrogen-bond donors (Lipinski definition) is 0. The summed E-state index contributed by atoms with van der Waals surface area (Å²) in [4.78, 5) is 4.52. The lowest BCUT2D eigenvalue weighted by Gasteiger charge is -2.34. The van der Waals surface area contributed by atoms with Crippen molar-refractivity contribution < 1.29 is 4.74 Å². The number of hydrogen-bond acceptors (Lipinski definition) is 4. The molecule has 4 nitrogen and oxygen atoms in total. The van der Waals surface area contributed by atoms with Crippen LogP contribution in [-0.2, 0) is 4.74 Å². The lowest BCUT2D eigenvalue weighted by molar-refractivity contribution is -0.0269. The van der Waals surface area contributed by atoms with E-state index in [4.69, 9.17) is 4.74 Å². The average molecular weight is 287 g/mol. The van der Waals surface area contributed by atoms with Gasteiger partial charge in [0.1, 0.15) is 6.04 Å². The van der Waals surface area contributed by atoms with E-state index >= 15 is 0 Å².